The number of halogens is 1. The van der Waals surface area contributed by atoms with Crippen molar-refractivity contribution in [3.05, 3.63) is 23.0 Å². The molecule has 0 bridgehead atoms. The smallest absolute Gasteiger partial charge is 0.238 e. The van der Waals surface area contributed by atoms with Crippen LogP contribution in [0.15, 0.2) is 6.07 Å². The van der Waals surface area contributed by atoms with Crippen LogP contribution in [0.5, 0.6) is 5.75 Å². The third kappa shape index (κ3) is 4.07. The lowest BCUT2D eigenvalue weighted by Crippen LogP contribution is -2.75. The van der Waals surface area contributed by atoms with Crippen molar-refractivity contribution in [2.75, 3.05) is 40.1 Å². The van der Waals surface area contributed by atoms with Gasteiger partial charge >= 0.3 is 0 Å². The van der Waals surface area contributed by atoms with Crippen LogP contribution in [0.1, 0.15) is 29.3 Å². The highest BCUT2D eigenvalue weighted by Crippen LogP contribution is 2.57. The van der Waals surface area contributed by atoms with Crippen molar-refractivity contribution < 1.29 is 43.4 Å². The van der Waals surface area contributed by atoms with E-state index in [1.807, 2.05) is 0 Å². The number of phenols is 1. The lowest BCUT2D eigenvalue weighted by Gasteiger charge is -2.56. The second kappa shape index (κ2) is 9.28. The Hall–Kier alpha value is -3.55. The molecule has 2 fully saturated rings. The maximum absolute atomic E-state index is 15.4. The Morgan fingerprint density at radius 1 is 1.15 bits per heavy atom. The van der Waals surface area contributed by atoms with E-state index in [2.05, 4.69) is 5.32 Å². The number of nitrogens with two attached hydrogens (primary N) is 1. The molecule has 1 aromatic rings. The highest BCUT2D eigenvalue weighted by Gasteiger charge is 2.71. The molecule has 0 spiro atoms. The predicted molar refractivity (Wildman–Crippen MR) is 133 cm³/mol. The molecule has 5 N–H and O–H groups in total. The van der Waals surface area contributed by atoms with Gasteiger partial charge in [-0.15, -0.1) is 0 Å². The number of nitrogens with one attached hydrogen (secondary N) is 1. The number of Topliss-reactive ketones (excluding diaryl/α,β-unsaturated/α-hetero) is 4. The standard InChI is InChI=1S/C26H31FN4O8/c1-25-7-10-12(27)6-13(29-14(32)9-30(2)3)19(33)15(10)20(34)17(25)23(37)26(39)11(8-25)18(31(4)5)21(35)16(22(26)36)24(28)38/h6,11,16-18,33,39H,7-9H2,1-5H3,(H2,28,38)(H,29,32)/t11-,16?,17?,18-,25-,26+/m0/s1. The SMILES string of the molecule is CN(C)CC(=O)Nc1cc(F)c2c(c1O)C(=O)C1C(=O)[C@]3(O)C(=O)C(C(N)=O)C(=O)[C@@H](N(C)C)[C@@H]3C[C@]1(C)C2. The van der Waals surface area contributed by atoms with E-state index in [4.69, 9.17) is 5.73 Å². The van der Waals surface area contributed by atoms with E-state index in [0.29, 0.717) is 0 Å². The van der Waals surface area contributed by atoms with Gasteiger partial charge in [0.15, 0.2) is 34.7 Å². The van der Waals surface area contributed by atoms with Gasteiger partial charge in [0.05, 0.1) is 29.8 Å². The van der Waals surface area contributed by atoms with Gasteiger partial charge in [0, 0.05) is 17.5 Å². The maximum atomic E-state index is 15.4. The first-order valence-electron chi connectivity index (χ1n) is 12.3. The summed E-state index contributed by atoms with van der Waals surface area (Å²) >= 11 is 0. The van der Waals surface area contributed by atoms with Gasteiger partial charge in [-0.2, -0.15) is 0 Å². The Morgan fingerprint density at radius 2 is 1.77 bits per heavy atom. The molecule has 4 rings (SSSR count). The van der Waals surface area contributed by atoms with E-state index in [1.54, 1.807) is 14.1 Å². The number of ketones is 4. The fourth-order valence-electron chi connectivity index (χ4n) is 6.58. The fraction of sp³-hybridized carbons (Fsp3) is 0.538. The van der Waals surface area contributed by atoms with Gasteiger partial charge in [-0.25, -0.2) is 4.39 Å². The van der Waals surface area contributed by atoms with E-state index in [9.17, 15) is 39.0 Å². The number of carbonyl (C=O) groups excluding carboxylic acids is 6. The number of likely N-dealkylation sites (N-methyl/N-ethyl adjacent to an activating group) is 2. The number of aromatic hydroxyl groups is 1. The second-order valence-corrected chi connectivity index (χ2v) is 11.5. The molecule has 13 heteroatoms. The van der Waals surface area contributed by atoms with Crippen LogP contribution in [0.3, 0.4) is 0 Å². The van der Waals surface area contributed by atoms with Crippen molar-refractivity contribution in [2.24, 2.45) is 28.9 Å². The number of fused-ring (bicyclic) bond motifs is 3. The van der Waals surface area contributed by atoms with Gasteiger partial charge in [0.25, 0.3) is 0 Å². The quantitative estimate of drug-likeness (QED) is 0.261. The van der Waals surface area contributed by atoms with Gasteiger partial charge in [-0.1, -0.05) is 6.92 Å². The molecule has 3 aliphatic rings. The van der Waals surface area contributed by atoms with Gasteiger partial charge in [-0.05, 0) is 46.4 Å². The summed E-state index contributed by atoms with van der Waals surface area (Å²) in [5, 5.41) is 24.9. The third-order valence-corrected chi connectivity index (χ3v) is 8.17. The van der Waals surface area contributed by atoms with Gasteiger partial charge < -0.3 is 26.2 Å². The lowest BCUT2D eigenvalue weighted by atomic mass is 9.47. The summed E-state index contributed by atoms with van der Waals surface area (Å²) in [4.78, 5) is 81.5. The first-order chi connectivity index (χ1) is 18.0. The average molecular weight is 547 g/mol. The summed E-state index contributed by atoms with van der Waals surface area (Å²) in [6.45, 7) is 1.41. The molecule has 2 unspecified atom stereocenters. The Morgan fingerprint density at radius 3 is 2.31 bits per heavy atom. The number of benzene rings is 1. The van der Waals surface area contributed by atoms with Crippen LogP contribution in [-0.2, 0) is 30.4 Å². The number of hydrogen-bond acceptors (Lipinski definition) is 10. The van der Waals surface area contributed by atoms with Gasteiger partial charge in [0.1, 0.15) is 11.6 Å². The number of amides is 2. The molecule has 2 amide bonds. The molecule has 0 radical (unpaired) electrons. The van der Waals surface area contributed by atoms with E-state index < -0.39 is 86.9 Å². The minimum Gasteiger partial charge on any atom is -0.505 e. The molecule has 0 aliphatic heterocycles. The Kier molecular flexibility index (Phi) is 6.77. The van der Waals surface area contributed by atoms with Crippen LogP contribution in [0.25, 0.3) is 0 Å². The van der Waals surface area contributed by atoms with Gasteiger partial charge in [-0.3, -0.25) is 33.7 Å². The number of nitrogens with zero attached hydrogens (tertiary/aromatic N) is 2. The number of anilines is 1. The molecule has 12 nitrogen and oxygen atoms in total. The monoisotopic (exact) mass is 546 g/mol. The van der Waals surface area contributed by atoms with Crippen LogP contribution < -0.4 is 11.1 Å². The second-order valence-electron chi connectivity index (χ2n) is 11.5. The third-order valence-electron chi connectivity index (χ3n) is 8.17. The van der Waals surface area contributed by atoms with Crippen molar-refractivity contribution in [3.8, 4) is 5.75 Å². The van der Waals surface area contributed by atoms with Crippen LogP contribution in [0.2, 0.25) is 0 Å². The Balaban J connectivity index is 1.86. The van der Waals surface area contributed by atoms with Gasteiger partial charge in [0.2, 0.25) is 11.8 Å². The molecule has 210 valence electrons. The molecule has 0 saturated heterocycles. The molecule has 6 atom stereocenters. The van der Waals surface area contributed by atoms with E-state index in [1.165, 1.54) is 30.8 Å². The van der Waals surface area contributed by atoms with Crippen LogP contribution >= 0.6 is 0 Å². The summed E-state index contributed by atoms with van der Waals surface area (Å²) in [7, 11) is 6.18. The summed E-state index contributed by atoms with van der Waals surface area (Å²) in [5.41, 5.74) is -0.0496. The Labute approximate surface area is 223 Å². The zero-order valence-corrected chi connectivity index (χ0v) is 22.2. The first kappa shape index (κ1) is 28.5. The minimum atomic E-state index is -2.90. The van der Waals surface area contributed by atoms with E-state index in [-0.39, 0.29) is 30.6 Å². The summed E-state index contributed by atoms with van der Waals surface area (Å²) in [6, 6.07) is -0.385. The van der Waals surface area contributed by atoms with Crippen molar-refractivity contribution in [1.29, 1.82) is 0 Å². The number of hydrogen-bond donors (Lipinski definition) is 4. The topological polar surface area (TPSA) is 187 Å². The number of aliphatic hydroxyl groups is 1. The zero-order valence-electron chi connectivity index (χ0n) is 22.2. The molecule has 39 heavy (non-hydrogen) atoms. The maximum Gasteiger partial charge on any atom is 0.238 e. The normalized spacial score (nSPS) is 32.1. The molecular formula is C26H31FN4O8. The largest absolute Gasteiger partial charge is 0.505 e. The molecule has 1 aromatic carbocycles. The van der Waals surface area contributed by atoms with E-state index >= 15 is 4.39 Å². The van der Waals surface area contributed by atoms with Crippen molar-refractivity contribution in [2.45, 2.75) is 31.4 Å². The molecule has 2 saturated carbocycles. The number of phenolic OH excluding ortho intramolecular Hbond substituents is 1. The zero-order chi connectivity index (χ0) is 29.4. The number of carbonyl (C=O) groups is 6. The number of rotatable bonds is 5. The van der Waals surface area contributed by atoms with Crippen molar-refractivity contribution in [3.63, 3.8) is 0 Å². The van der Waals surface area contributed by atoms with Crippen molar-refractivity contribution in [1.82, 2.24) is 9.80 Å². The van der Waals surface area contributed by atoms with Crippen molar-refractivity contribution >= 4 is 40.6 Å². The lowest BCUT2D eigenvalue weighted by molar-refractivity contribution is -0.185. The summed E-state index contributed by atoms with van der Waals surface area (Å²) < 4.78 is 15.4. The van der Waals surface area contributed by atoms with Crippen LogP contribution in [-0.4, -0.2) is 101 Å². The summed E-state index contributed by atoms with van der Waals surface area (Å²) in [6.07, 6.45) is -0.470. The molecule has 0 heterocycles. The fourth-order valence-corrected chi connectivity index (χ4v) is 6.58. The van der Waals surface area contributed by atoms with Crippen LogP contribution in [0, 0.1) is 29.0 Å². The molecular weight excluding hydrogens is 515 g/mol. The average Bonchev–Trinajstić information content (AvgIpc) is 2.78. The number of primary amides is 1. The Bertz CT molecular complexity index is 1340. The minimum absolute atomic E-state index is 0.103. The van der Waals surface area contributed by atoms with E-state index in [0.717, 1.165) is 6.07 Å². The molecule has 0 aromatic heterocycles. The summed E-state index contributed by atoms with van der Waals surface area (Å²) in [5.74, 6) is -13.3. The van der Waals surface area contributed by atoms with Crippen LogP contribution in [0.4, 0.5) is 10.1 Å². The molecule has 3 aliphatic carbocycles. The highest BCUT2D eigenvalue weighted by molar-refractivity contribution is 6.32. The first-order valence-corrected chi connectivity index (χ1v) is 12.3. The highest BCUT2D eigenvalue weighted by atomic mass is 19.1. The predicted octanol–water partition coefficient (Wildman–Crippen LogP) is -1.10.